The van der Waals surface area contributed by atoms with Gasteiger partial charge in [0.05, 0.1) is 10.2 Å². The molecule has 0 amide bonds. The second-order valence-corrected chi connectivity index (χ2v) is 6.00. The normalized spacial score (nSPS) is 37.0. The molecule has 0 bridgehead atoms. The van der Waals surface area contributed by atoms with Crippen molar-refractivity contribution < 1.29 is 4.74 Å². The maximum Gasteiger partial charge on any atom is 0.104 e. The second kappa shape index (κ2) is 3.05. The molecule has 2 nitrogen and oxygen atoms in total. The third-order valence-corrected chi connectivity index (χ3v) is 4.00. The van der Waals surface area contributed by atoms with Gasteiger partial charge in [0.15, 0.2) is 0 Å². The Kier molecular flexibility index (Phi) is 2.57. The van der Waals surface area contributed by atoms with E-state index >= 15 is 0 Å². The molecular formula is C5H13NOSSi. The van der Waals surface area contributed by atoms with Crippen molar-refractivity contribution in [2.45, 2.75) is 23.8 Å². The van der Waals surface area contributed by atoms with E-state index in [9.17, 15) is 0 Å². The third-order valence-electron chi connectivity index (χ3n) is 1.68. The van der Waals surface area contributed by atoms with E-state index in [0.29, 0.717) is 0 Å². The van der Waals surface area contributed by atoms with Gasteiger partial charge < -0.3 is 4.74 Å². The monoisotopic (exact) mass is 163 g/mol. The summed E-state index contributed by atoms with van der Waals surface area (Å²) in [6.45, 7) is 0.910. The Balaban J connectivity index is 2.37. The van der Waals surface area contributed by atoms with Crippen LogP contribution >= 0.6 is 11.9 Å². The number of rotatable bonds is 1. The first kappa shape index (κ1) is 7.59. The largest absolute Gasteiger partial charge is 0.368 e. The van der Waals surface area contributed by atoms with Gasteiger partial charge in [-0.2, -0.15) is 0 Å². The van der Waals surface area contributed by atoms with E-state index in [4.69, 9.17) is 9.88 Å². The van der Waals surface area contributed by atoms with E-state index < -0.39 is 0 Å². The summed E-state index contributed by atoms with van der Waals surface area (Å²) in [6.07, 6.45) is 3.65. The molecule has 54 valence electrons. The van der Waals surface area contributed by atoms with Gasteiger partial charge in [-0.25, -0.2) is 0 Å². The molecule has 1 rings (SSSR count). The minimum absolute atomic E-state index is 0.0538. The van der Waals surface area contributed by atoms with Crippen molar-refractivity contribution in [2.75, 3.05) is 6.61 Å². The molecule has 9 heavy (non-hydrogen) atoms. The van der Waals surface area contributed by atoms with Crippen molar-refractivity contribution in [3.8, 4) is 0 Å². The Bertz CT molecular complexity index is 95.0. The van der Waals surface area contributed by atoms with Gasteiger partial charge in [-0.15, -0.1) is 0 Å². The van der Waals surface area contributed by atoms with Crippen LogP contribution in [-0.2, 0) is 4.74 Å². The van der Waals surface area contributed by atoms with Crippen LogP contribution in [-0.4, -0.2) is 21.4 Å². The highest BCUT2D eigenvalue weighted by atomic mass is 32.2. The van der Waals surface area contributed by atoms with Gasteiger partial charge in [-0.3, -0.25) is 5.14 Å². The first-order valence-electron chi connectivity index (χ1n) is 3.29. The highest BCUT2D eigenvalue weighted by Gasteiger charge is 2.26. The number of hydrogen-bond acceptors (Lipinski definition) is 3. The summed E-state index contributed by atoms with van der Waals surface area (Å²) in [5.41, 5.74) is 0. The summed E-state index contributed by atoms with van der Waals surface area (Å²) in [6, 6.07) is 0. The molecule has 0 aliphatic carbocycles. The predicted octanol–water partition coefficient (Wildman–Crippen LogP) is -0.187. The molecular weight excluding hydrogens is 150 g/mol. The zero-order valence-electron chi connectivity index (χ0n) is 5.72. The van der Waals surface area contributed by atoms with Gasteiger partial charge in [0, 0.05) is 6.61 Å². The van der Waals surface area contributed by atoms with Gasteiger partial charge in [-0.05, 0) is 19.3 Å². The molecule has 1 unspecified atom stereocenters. The Morgan fingerprint density at radius 3 is 2.67 bits per heavy atom. The zero-order valence-corrected chi connectivity index (χ0v) is 8.54. The smallest absolute Gasteiger partial charge is 0.104 e. The fraction of sp³-hybridized carbons (Fsp3) is 1.00. The first-order chi connectivity index (χ1) is 4.27. The van der Waals surface area contributed by atoms with Crippen LogP contribution in [0.2, 0.25) is 0 Å². The second-order valence-electron chi connectivity index (χ2n) is 2.56. The standard InChI is InChI=1S/C5H13NOSSi/c6-8-5(9)3-1-2-4-7-5/h1-4,6H2,9H3. The van der Waals surface area contributed by atoms with Crippen molar-refractivity contribution in [1.29, 1.82) is 0 Å². The molecule has 0 aromatic rings. The molecule has 1 aliphatic heterocycles. The molecule has 0 aromatic heterocycles. The lowest BCUT2D eigenvalue weighted by molar-refractivity contribution is 0.0442. The number of hydrogen-bond donors (Lipinski definition) is 1. The van der Waals surface area contributed by atoms with Crippen LogP contribution in [0.4, 0.5) is 0 Å². The van der Waals surface area contributed by atoms with Crippen LogP contribution in [0.5, 0.6) is 0 Å². The topological polar surface area (TPSA) is 35.2 Å². The van der Waals surface area contributed by atoms with Crippen molar-refractivity contribution in [1.82, 2.24) is 0 Å². The summed E-state index contributed by atoms with van der Waals surface area (Å²) in [5.74, 6) is 0. The Morgan fingerprint density at radius 1 is 1.56 bits per heavy atom. The highest BCUT2D eigenvalue weighted by Crippen LogP contribution is 2.28. The van der Waals surface area contributed by atoms with Gasteiger partial charge in [0.25, 0.3) is 0 Å². The maximum absolute atomic E-state index is 5.51. The van der Waals surface area contributed by atoms with Gasteiger partial charge in [0.2, 0.25) is 0 Å². The molecule has 0 radical (unpaired) electrons. The number of ether oxygens (including phenoxy) is 1. The summed E-state index contributed by atoms with van der Waals surface area (Å²) in [5, 5.41) is 5.46. The van der Waals surface area contributed by atoms with E-state index in [1.165, 1.54) is 24.8 Å². The lowest BCUT2D eigenvalue weighted by atomic mass is 10.2. The van der Waals surface area contributed by atoms with Gasteiger partial charge in [-0.1, -0.05) is 11.9 Å². The fourth-order valence-electron chi connectivity index (χ4n) is 1.00. The summed E-state index contributed by atoms with van der Waals surface area (Å²) in [7, 11) is 1.05. The van der Waals surface area contributed by atoms with Crippen LogP contribution in [0, 0.1) is 0 Å². The molecule has 2 N–H and O–H groups in total. The van der Waals surface area contributed by atoms with Crippen LogP contribution in [0.1, 0.15) is 19.3 Å². The van der Waals surface area contributed by atoms with E-state index in [2.05, 4.69) is 0 Å². The predicted molar refractivity (Wildman–Crippen MR) is 44.3 cm³/mol. The highest BCUT2D eigenvalue weighted by molar-refractivity contribution is 7.99. The molecule has 1 saturated heterocycles. The SMILES string of the molecule is NSC1([SiH3])CCCCO1. The molecule has 0 aromatic carbocycles. The minimum atomic E-state index is 0.0538. The Hall–Kier alpha value is 0.487. The van der Waals surface area contributed by atoms with Crippen molar-refractivity contribution in [2.24, 2.45) is 5.14 Å². The molecule has 1 atom stereocenters. The van der Waals surface area contributed by atoms with Crippen LogP contribution in [0.15, 0.2) is 0 Å². The molecule has 0 saturated carbocycles. The average molecular weight is 163 g/mol. The third kappa shape index (κ3) is 1.96. The molecule has 1 heterocycles. The van der Waals surface area contributed by atoms with Crippen LogP contribution < -0.4 is 5.14 Å². The fourth-order valence-corrected chi connectivity index (χ4v) is 1.97. The van der Waals surface area contributed by atoms with E-state index in [-0.39, 0.29) is 4.56 Å². The average Bonchev–Trinajstić information content (AvgIpc) is 1.90. The number of nitrogens with two attached hydrogens (primary N) is 1. The Labute approximate surface area is 63.1 Å². The lowest BCUT2D eigenvalue weighted by Crippen LogP contribution is -2.34. The Morgan fingerprint density at radius 2 is 2.33 bits per heavy atom. The molecule has 0 spiro atoms. The first-order valence-corrected chi connectivity index (χ1v) is 5.17. The van der Waals surface area contributed by atoms with Gasteiger partial charge in [0.1, 0.15) is 4.56 Å². The van der Waals surface area contributed by atoms with E-state index in [1.807, 2.05) is 0 Å². The zero-order chi connectivity index (χ0) is 6.74. The van der Waals surface area contributed by atoms with E-state index in [0.717, 1.165) is 23.3 Å². The minimum Gasteiger partial charge on any atom is -0.368 e. The van der Waals surface area contributed by atoms with Crippen molar-refractivity contribution in [3.63, 3.8) is 0 Å². The van der Waals surface area contributed by atoms with Crippen molar-refractivity contribution in [3.05, 3.63) is 0 Å². The summed E-state index contributed by atoms with van der Waals surface area (Å²) < 4.78 is 5.57. The van der Waals surface area contributed by atoms with Crippen molar-refractivity contribution >= 4 is 22.2 Å². The molecule has 4 heteroatoms. The summed E-state index contributed by atoms with van der Waals surface area (Å²) in [4.78, 5) is 0. The summed E-state index contributed by atoms with van der Waals surface area (Å²) >= 11 is 1.39. The molecule has 1 aliphatic rings. The van der Waals surface area contributed by atoms with Crippen LogP contribution in [0.25, 0.3) is 0 Å². The van der Waals surface area contributed by atoms with Crippen LogP contribution in [0.3, 0.4) is 0 Å². The van der Waals surface area contributed by atoms with Gasteiger partial charge >= 0.3 is 0 Å². The molecule has 1 fully saturated rings. The lowest BCUT2D eigenvalue weighted by Gasteiger charge is -2.31. The maximum atomic E-state index is 5.51. The quantitative estimate of drug-likeness (QED) is 0.430. The van der Waals surface area contributed by atoms with E-state index in [1.54, 1.807) is 0 Å².